The highest BCUT2D eigenvalue weighted by Crippen LogP contribution is 2.13. The fourth-order valence-corrected chi connectivity index (χ4v) is 1.65. The van der Waals surface area contributed by atoms with E-state index in [1.807, 2.05) is 31.2 Å². The summed E-state index contributed by atoms with van der Waals surface area (Å²) < 4.78 is 10.2. The Balaban J connectivity index is 1.99. The van der Waals surface area contributed by atoms with Crippen LogP contribution in [0.2, 0.25) is 0 Å². The largest absolute Gasteiger partial charge is 0.497 e. The third kappa shape index (κ3) is 2.71. The number of rotatable bonds is 4. The molecule has 0 spiro atoms. The van der Waals surface area contributed by atoms with Gasteiger partial charge in [-0.15, -0.1) is 0 Å². The molecule has 0 radical (unpaired) electrons. The van der Waals surface area contributed by atoms with Gasteiger partial charge in [-0.05, 0) is 30.7 Å². The molecule has 0 aliphatic carbocycles. The molecule has 94 valence electrons. The summed E-state index contributed by atoms with van der Waals surface area (Å²) in [4.78, 5) is 11.8. The molecule has 1 aromatic carbocycles. The van der Waals surface area contributed by atoms with E-state index < -0.39 is 0 Å². The molecule has 2 aromatic rings. The zero-order valence-electron chi connectivity index (χ0n) is 10.4. The minimum atomic E-state index is -0.208. The van der Waals surface area contributed by atoms with Gasteiger partial charge >= 0.3 is 0 Å². The highest BCUT2D eigenvalue weighted by Gasteiger charge is 2.11. The number of methoxy groups -OCH3 is 1. The molecular formula is C14H15NO3. The SMILES string of the molecule is COc1cccc(CNC(=O)c2occc2C)c1. The van der Waals surface area contributed by atoms with Gasteiger partial charge in [0, 0.05) is 12.1 Å². The third-order valence-electron chi connectivity index (χ3n) is 2.66. The number of amides is 1. The lowest BCUT2D eigenvalue weighted by Gasteiger charge is -2.06. The minimum Gasteiger partial charge on any atom is -0.497 e. The number of hydrogen-bond acceptors (Lipinski definition) is 3. The highest BCUT2D eigenvalue weighted by molar-refractivity contribution is 5.92. The molecule has 4 heteroatoms. The molecule has 0 bridgehead atoms. The van der Waals surface area contributed by atoms with Crippen LogP contribution < -0.4 is 10.1 Å². The maximum atomic E-state index is 11.8. The summed E-state index contributed by atoms with van der Waals surface area (Å²) >= 11 is 0. The summed E-state index contributed by atoms with van der Waals surface area (Å²) in [5.74, 6) is 0.925. The number of aryl methyl sites for hydroxylation is 1. The zero-order chi connectivity index (χ0) is 13.0. The number of carbonyl (C=O) groups excluding carboxylic acids is 1. The average molecular weight is 245 g/mol. The first-order chi connectivity index (χ1) is 8.70. The number of carbonyl (C=O) groups is 1. The van der Waals surface area contributed by atoms with E-state index in [9.17, 15) is 4.79 Å². The normalized spacial score (nSPS) is 10.1. The van der Waals surface area contributed by atoms with E-state index in [4.69, 9.17) is 9.15 Å². The quantitative estimate of drug-likeness (QED) is 0.900. The Kier molecular flexibility index (Phi) is 3.67. The van der Waals surface area contributed by atoms with Crippen molar-refractivity contribution in [3.8, 4) is 5.75 Å². The average Bonchev–Trinajstić information content (AvgIpc) is 2.82. The van der Waals surface area contributed by atoms with Gasteiger partial charge in [-0.2, -0.15) is 0 Å². The molecular weight excluding hydrogens is 230 g/mol. The topological polar surface area (TPSA) is 51.5 Å². The van der Waals surface area contributed by atoms with Crippen molar-refractivity contribution in [2.45, 2.75) is 13.5 Å². The van der Waals surface area contributed by atoms with Crippen LogP contribution in [0.5, 0.6) is 5.75 Å². The van der Waals surface area contributed by atoms with E-state index in [-0.39, 0.29) is 5.91 Å². The van der Waals surface area contributed by atoms with E-state index in [0.29, 0.717) is 12.3 Å². The monoisotopic (exact) mass is 245 g/mol. The van der Waals surface area contributed by atoms with E-state index in [0.717, 1.165) is 16.9 Å². The first kappa shape index (κ1) is 12.2. The van der Waals surface area contributed by atoms with Gasteiger partial charge in [-0.3, -0.25) is 4.79 Å². The third-order valence-corrected chi connectivity index (χ3v) is 2.66. The fourth-order valence-electron chi connectivity index (χ4n) is 1.65. The van der Waals surface area contributed by atoms with Crippen molar-refractivity contribution in [1.29, 1.82) is 0 Å². The van der Waals surface area contributed by atoms with Crippen molar-refractivity contribution in [1.82, 2.24) is 5.32 Å². The number of nitrogens with one attached hydrogen (secondary N) is 1. The Labute approximate surface area is 106 Å². The molecule has 1 amide bonds. The lowest BCUT2D eigenvalue weighted by molar-refractivity contribution is 0.0922. The molecule has 0 unspecified atom stereocenters. The van der Waals surface area contributed by atoms with Gasteiger partial charge < -0.3 is 14.5 Å². The Morgan fingerprint density at radius 2 is 2.22 bits per heavy atom. The highest BCUT2D eigenvalue weighted by atomic mass is 16.5. The maximum absolute atomic E-state index is 11.8. The molecule has 0 atom stereocenters. The van der Waals surface area contributed by atoms with E-state index in [1.54, 1.807) is 13.2 Å². The van der Waals surface area contributed by atoms with Crippen molar-refractivity contribution in [3.05, 3.63) is 53.5 Å². The maximum Gasteiger partial charge on any atom is 0.287 e. The van der Waals surface area contributed by atoms with Crippen molar-refractivity contribution < 1.29 is 13.9 Å². The predicted octanol–water partition coefficient (Wildman–Crippen LogP) is 2.53. The van der Waals surface area contributed by atoms with E-state index >= 15 is 0 Å². The van der Waals surface area contributed by atoms with Gasteiger partial charge in [0.15, 0.2) is 5.76 Å². The van der Waals surface area contributed by atoms with Gasteiger partial charge in [-0.1, -0.05) is 12.1 Å². The van der Waals surface area contributed by atoms with Crippen LogP contribution in [0.4, 0.5) is 0 Å². The summed E-state index contributed by atoms with van der Waals surface area (Å²) in [6, 6.07) is 9.33. The second-order valence-electron chi connectivity index (χ2n) is 3.97. The lowest BCUT2D eigenvalue weighted by Crippen LogP contribution is -2.22. The zero-order valence-corrected chi connectivity index (χ0v) is 10.4. The van der Waals surface area contributed by atoms with Crippen LogP contribution in [0.1, 0.15) is 21.7 Å². The van der Waals surface area contributed by atoms with Crippen LogP contribution in [-0.4, -0.2) is 13.0 Å². The first-order valence-corrected chi connectivity index (χ1v) is 5.66. The molecule has 1 aromatic heterocycles. The predicted molar refractivity (Wildman–Crippen MR) is 67.6 cm³/mol. The minimum absolute atomic E-state index is 0.208. The van der Waals surface area contributed by atoms with Crippen molar-refractivity contribution >= 4 is 5.91 Å². The molecule has 1 N–H and O–H groups in total. The number of furan rings is 1. The van der Waals surface area contributed by atoms with Crippen LogP contribution in [0.15, 0.2) is 41.0 Å². The molecule has 4 nitrogen and oxygen atoms in total. The number of hydrogen-bond donors (Lipinski definition) is 1. The molecule has 0 saturated heterocycles. The van der Waals surface area contributed by atoms with Crippen molar-refractivity contribution in [2.24, 2.45) is 0 Å². The molecule has 1 heterocycles. The summed E-state index contributed by atoms with van der Waals surface area (Å²) in [7, 11) is 1.61. The summed E-state index contributed by atoms with van der Waals surface area (Å²) in [6.45, 7) is 2.28. The first-order valence-electron chi connectivity index (χ1n) is 5.66. The van der Waals surface area contributed by atoms with Gasteiger partial charge in [0.2, 0.25) is 0 Å². The fraction of sp³-hybridized carbons (Fsp3) is 0.214. The molecule has 0 fully saturated rings. The smallest absolute Gasteiger partial charge is 0.287 e. The Bertz CT molecular complexity index is 545. The summed E-state index contributed by atoms with van der Waals surface area (Å²) in [6.07, 6.45) is 1.51. The van der Waals surface area contributed by atoms with Crippen LogP contribution in [-0.2, 0) is 6.54 Å². The van der Waals surface area contributed by atoms with Gasteiger partial charge in [0.05, 0.1) is 13.4 Å². The van der Waals surface area contributed by atoms with Gasteiger partial charge in [-0.25, -0.2) is 0 Å². The van der Waals surface area contributed by atoms with E-state index in [2.05, 4.69) is 5.32 Å². The Hall–Kier alpha value is -2.23. The second kappa shape index (κ2) is 5.40. The summed E-state index contributed by atoms with van der Waals surface area (Å²) in [5.41, 5.74) is 1.81. The van der Waals surface area contributed by atoms with Crippen molar-refractivity contribution in [3.63, 3.8) is 0 Å². The molecule has 0 aliphatic rings. The summed E-state index contributed by atoms with van der Waals surface area (Å²) in [5, 5.41) is 2.81. The number of ether oxygens (including phenoxy) is 1. The Morgan fingerprint density at radius 3 is 2.89 bits per heavy atom. The molecule has 2 rings (SSSR count). The lowest BCUT2D eigenvalue weighted by atomic mass is 10.2. The van der Waals surface area contributed by atoms with Crippen molar-refractivity contribution in [2.75, 3.05) is 7.11 Å². The number of benzene rings is 1. The Morgan fingerprint density at radius 1 is 1.39 bits per heavy atom. The van der Waals surface area contributed by atoms with E-state index in [1.165, 1.54) is 6.26 Å². The second-order valence-corrected chi connectivity index (χ2v) is 3.97. The van der Waals surface area contributed by atoms with Crippen LogP contribution in [0.25, 0.3) is 0 Å². The molecule has 0 saturated carbocycles. The molecule has 0 aliphatic heterocycles. The van der Waals surface area contributed by atoms with Crippen LogP contribution in [0, 0.1) is 6.92 Å². The van der Waals surface area contributed by atoms with Gasteiger partial charge in [0.1, 0.15) is 5.75 Å². The van der Waals surface area contributed by atoms with Crippen LogP contribution in [0.3, 0.4) is 0 Å². The molecule has 18 heavy (non-hydrogen) atoms. The van der Waals surface area contributed by atoms with Gasteiger partial charge in [0.25, 0.3) is 5.91 Å². The standard InChI is InChI=1S/C14H15NO3/c1-10-6-7-18-13(10)14(16)15-9-11-4-3-5-12(8-11)17-2/h3-8H,9H2,1-2H3,(H,15,16). The van der Waals surface area contributed by atoms with Crippen LogP contribution >= 0.6 is 0 Å².